The predicted molar refractivity (Wildman–Crippen MR) is 137 cm³/mol. The third-order valence-electron chi connectivity index (χ3n) is 5.98. The van der Waals surface area contributed by atoms with Gasteiger partial charge in [0.05, 0.1) is 12.1 Å². The third-order valence-corrected chi connectivity index (χ3v) is 5.98. The Balaban J connectivity index is 1.63. The van der Waals surface area contributed by atoms with Crippen LogP contribution in [0.25, 0.3) is 22.0 Å². The maximum absolute atomic E-state index is 13.9. The van der Waals surface area contributed by atoms with Crippen molar-refractivity contribution in [1.82, 2.24) is 15.0 Å². The molecule has 0 bridgehead atoms. The number of carbonyl (C=O) groups excluding carboxylic acids is 1. The van der Waals surface area contributed by atoms with Gasteiger partial charge in [-0.2, -0.15) is 0 Å². The van der Waals surface area contributed by atoms with Gasteiger partial charge in [0.1, 0.15) is 6.61 Å². The van der Waals surface area contributed by atoms with Crippen molar-refractivity contribution < 1.29 is 14.7 Å². The van der Waals surface area contributed by atoms with E-state index < -0.39 is 5.91 Å². The van der Waals surface area contributed by atoms with Crippen molar-refractivity contribution in [3.8, 4) is 16.9 Å². The van der Waals surface area contributed by atoms with Gasteiger partial charge in [-0.1, -0.05) is 60.7 Å². The zero-order valence-electron chi connectivity index (χ0n) is 19.3. The largest absolute Gasteiger partial charge is 0.483 e. The van der Waals surface area contributed by atoms with Crippen LogP contribution in [0, 0.1) is 0 Å². The zero-order chi connectivity index (χ0) is 24.9. The minimum absolute atomic E-state index is 0.129. The Morgan fingerprint density at radius 1 is 0.861 bits per heavy atom. The number of hydroxylamine groups is 1. The molecular weight excluding hydrogens is 454 g/mol. The molecule has 36 heavy (non-hydrogen) atoms. The van der Waals surface area contributed by atoms with Crippen molar-refractivity contribution in [3.63, 3.8) is 0 Å². The molecule has 0 aliphatic carbocycles. The van der Waals surface area contributed by atoms with Crippen LogP contribution in [-0.2, 0) is 13.2 Å². The first-order chi connectivity index (χ1) is 17.7. The topological polar surface area (TPSA) is 93.4 Å². The van der Waals surface area contributed by atoms with E-state index in [1.807, 2.05) is 66.7 Å². The predicted octanol–water partition coefficient (Wildman–Crippen LogP) is 4.81. The van der Waals surface area contributed by atoms with E-state index >= 15 is 0 Å². The summed E-state index contributed by atoms with van der Waals surface area (Å²) in [6, 6.07) is 27.9. The Labute approximate surface area is 207 Å². The highest BCUT2D eigenvalue weighted by atomic mass is 16.5. The Morgan fingerprint density at radius 3 is 2.28 bits per heavy atom. The summed E-state index contributed by atoms with van der Waals surface area (Å²) in [5, 5.41) is 9.74. The number of para-hydroxylation sites is 1. The molecule has 0 fully saturated rings. The van der Waals surface area contributed by atoms with Crippen molar-refractivity contribution in [2.45, 2.75) is 13.2 Å². The molecule has 5 rings (SSSR count). The lowest BCUT2D eigenvalue weighted by molar-refractivity contribution is 0.0706. The second-order valence-electron chi connectivity index (χ2n) is 8.26. The Morgan fingerprint density at radius 2 is 1.56 bits per heavy atom. The van der Waals surface area contributed by atoms with Crippen LogP contribution in [0.4, 0.5) is 0 Å². The van der Waals surface area contributed by atoms with Crippen molar-refractivity contribution in [2.24, 2.45) is 0 Å². The fourth-order valence-corrected chi connectivity index (χ4v) is 4.21. The maximum atomic E-state index is 13.9. The molecule has 3 aromatic carbocycles. The normalized spacial score (nSPS) is 10.8. The average molecular weight is 478 g/mol. The number of rotatable bonds is 7. The van der Waals surface area contributed by atoms with Gasteiger partial charge in [-0.3, -0.25) is 19.8 Å². The van der Waals surface area contributed by atoms with Crippen LogP contribution in [0.15, 0.2) is 108 Å². The highest BCUT2D eigenvalue weighted by molar-refractivity contribution is 5.98. The van der Waals surface area contributed by atoms with Gasteiger partial charge in [-0.25, -0.2) is 5.48 Å². The first kappa shape index (κ1) is 23.0. The van der Waals surface area contributed by atoms with E-state index in [1.54, 1.807) is 46.7 Å². The molecule has 0 saturated carbocycles. The summed E-state index contributed by atoms with van der Waals surface area (Å²) < 4.78 is 7.95. The second kappa shape index (κ2) is 10.2. The number of nitrogens with zero attached hydrogens (tertiary/aromatic N) is 2. The summed E-state index contributed by atoms with van der Waals surface area (Å²) in [5.74, 6) is -0.339. The fraction of sp³-hybridized carbons (Fsp3) is 0.0690. The third kappa shape index (κ3) is 4.60. The number of pyridine rings is 2. The SMILES string of the molecule is O=C(NO)c1ccc(COc2c(-c3ccccc3)c3ccccc3n(Cc3ccncc3)c2=O)cc1. The van der Waals surface area contributed by atoms with E-state index in [1.165, 1.54) is 0 Å². The van der Waals surface area contributed by atoms with E-state index in [-0.39, 0.29) is 17.9 Å². The number of carbonyl (C=O) groups is 1. The quantitative estimate of drug-likeness (QED) is 0.259. The molecule has 2 N–H and O–H groups in total. The molecule has 0 unspecified atom stereocenters. The van der Waals surface area contributed by atoms with E-state index in [9.17, 15) is 9.59 Å². The molecule has 0 radical (unpaired) electrons. The van der Waals surface area contributed by atoms with Crippen molar-refractivity contribution in [3.05, 3.63) is 130 Å². The smallest absolute Gasteiger partial charge is 0.294 e. The molecule has 7 nitrogen and oxygen atoms in total. The lowest BCUT2D eigenvalue weighted by Crippen LogP contribution is -2.24. The summed E-state index contributed by atoms with van der Waals surface area (Å²) in [5.41, 5.74) is 5.85. The second-order valence-corrected chi connectivity index (χ2v) is 8.26. The van der Waals surface area contributed by atoms with E-state index in [2.05, 4.69) is 4.98 Å². The average Bonchev–Trinajstić information content (AvgIpc) is 2.94. The first-order valence-corrected chi connectivity index (χ1v) is 11.4. The van der Waals surface area contributed by atoms with Crippen LogP contribution in [0.3, 0.4) is 0 Å². The molecule has 0 aliphatic rings. The number of benzene rings is 3. The molecule has 0 atom stereocenters. The van der Waals surface area contributed by atoms with Gasteiger partial charge in [-0.05, 0) is 47.0 Å². The minimum atomic E-state index is -0.595. The van der Waals surface area contributed by atoms with E-state index in [4.69, 9.17) is 9.94 Å². The number of nitrogens with one attached hydrogen (secondary N) is 1. The summed E-state index contributed by atoms with van der Waals surface area (Å²) >= 11 is 0. The number of ether oxygens (including phenoxy) is 1. The molecule has 0 aliphatic heterocycles. The highest BCUT2D eigenvalue weighted by Gasteiger charge is 2.20. The number of hydrogen-bond acceptors (Lipinski definition) is 5. The van der Waals surface area contributed by atoms with Crippen molar-refractivity contribution in [2.75, 3.05) is 0 Å². The van der Waals surface area contributed by atoms with Crippen LogP contribution in [0.2, 0.25) is 0 Å². The Hall–Kier alpha value is -4.75. The molecule has 1 amide bonds. The van der Waals surface area contributed by atoms with Crippen molar-refractivity contribution >= 4 is 16.8 Å². The minimum Gasteiger partial charge on any atom is -0.483 e. The van der Waals surface area contributed by atoms with Crippen LogP contribution in [0.1, 0.15) is 21.5 Å². The Bertz CT molecular complexity index is 1560. The summed E-state index contributed by atoms with van der Waals surface area (Å²) in [7, 11) is 0. The Kier molecular flexibility index (Phi) is 6.55. The number of aromatic nitrogens is 2. The molecule has 178 valence electrons. The van der Waals surface area contributed by atoms with Crippen LogP contribution < -0.4 is 15.8 Å². The molecule has 2 aromatic heterocycles. The van der Waals surface area contributed by atoms with Gasteiger partial charge in [0.25, 0.3) is 11.5 Å². The monoisotopic (exact) mass is 477 g/mol. The molecule has 0 spiro atoms. The standard InChI is InChI=1S/C29H23N3O4/c33-28(31-35)23-12-10-21(11-13-23)19-36-27-26(22-6-2-1-3-7-22)24-8-4-5-9-25(24)32(29(27)34)18-20-14-16-30-17-15-20/h1-17,35H,18-19H2,(H,31,33). The molecule has 2 heterocycles. The van der Waals surface area contributed by atoms with Gasteiger partial charge >= 0.3 is 0 Å². The molecule has 5 aromatic rings. The first-order valence-electron chi connectivity index (χ1n) is 11.4. The zero-order valence-corrected chi connectivity index (χ0v) is 19.3. The highest BCUT2D eigenvalue weighted by Crippen LogP contribution is 2.35. The van der Waals surface area contributed by atoms with Gasteiger partial charge in [-0.15, -0.1) is 0 Å². The van der Waals surface area contributed by atoms with Gasteiger partial charge in [0.2, 0.25) is 0 Å². The molecular formula is C29H23N3O4. The lowest BCUT2D eigenvalue weighted by atomic mass is 9.99. The lowest BCUT2D eigenvalue weighted by Gasteiger charge is -2.19. The summed E-state index contributed by atoms with van der Waals surface area (Å²) in [6.07, 6.45) is 3.41. The molecule has 0 saturated heterocycles. The fourth-order valence-electron chi connectivity index (χ4n) is 4.21. The number of amides is 1. The van der Waals surface area contributed by atoms with E-state index in [0.717, 1.165) is 33.2 Å². The molecule has 7 heteroatoms. The van der Waals surface area contributed by atoms with Gasteiger partial charge in [0.15, 0.2) is 5.75 Å². The van der Waals surface area contributed by atoms with Crippen LogP contribution in [-0.4, -0.2) is 20.7 Å². The summed E-state index contributed by atoms with van der Waals surface area (Å²) in [4.78, 5) is 29.6. The number of fused-ring (bicyclic) bond motifs is 1. The van der Waals surface area contributed by atoms with Crippen LogP contribution >= 0.6 is 0 Å². The van der Waals surface area contributed by atoms with E-state index in [0.29, 0.717) is 12.1 Å². The van der Waals surface area contributed by atoms with Crippen LogP contribution in [0.5, 0.6) is 5.75 Å². The van der Waals surface area contributed by atoms with Crippen molar-refractivity contribution in [1.29, 1.82) is 0 Å². The number of hydrogen-bond donors (Lipinski definition) is 2. The van der Waals surface area contributed by atoms with Gasteiger partial charge in [0, 0.05) is 28.9 Å². The summed E-state index contributed by atoms with van der Waals surface area (Å²) in [6.45, 7) is 0.502. The maximum Gasteiger partial charge on any atom is 0.294 e. The van der Waals surface area contributed by atoms with Gasteiger partial charge < -0.3 is 9.30 Å².